The van der Waals surface area contributed by atoms with Crippen LogP contribution in [0.15, 0.2) is 11.4 Å². The lowest BCUT2D eigenvalue weighted by Gasteiger charge is -2.33. The maximum atomic E-state index is 12.5. The zero-order valence-corrected chi connectivity index (χ0v) is 16.0. The van der Waals surface area contributed by atoms with Gasteiger partial charge in [-0.25, -0.2) is 0 Å². The van der Waals surface area contributed by atoms with E-state index in [1.807, 2.05) is 5.38 Å². The van der Waals surface area contributed by atoms with Gasteiger partial charge < -0.3 is 10.6 Å². The molecule has 2 unspecified atom stereocenters. The Hall–Kier alpha value is -0.910. The zero-order valence-electron chi connectivity index (χ0n) is 14.5. The van der Waals surface area contributed by atoms with Gasteiger partial charge in [0, 0.05) is 11.8 Å². The minimum Gasteiger partial charge on any atom is -0.369 e. The van der Waals surface area contributed by atoms with Crippen LogP contribution < -0.4 is 5.73 Å². The number of hydrogen-bond acceptors (Lipinski definition) is 4. The minimum absolute atomic E-state index is 0.0436. The van der Waals surface area contributed by atoms with Crippen LogP contribution in [0.1, 0.15) is 48.2 Å². The van der Waals surface area contributed by atoms with Crippen LogP contribution in [-0.4, -0.2) is 36.2 Å². The smallest absolute Gasteiger partial charge is 0.220 e. The van der Waals surface area contributed by atoms with Gasteiger partial charge >= 0.3 is 0 Å². The van der Waals surface area contributed by atoms with E-state index in [9.17, 15) is 9.59 Å². The third-order valence-electron chi connectivity index (χ3n) is 5.66. The first-order chi connectivity index (χ1) is 12.0. The molecule has 1 aliphatic heterocycles. The molecule has 1 saturated heterocycles. The van der Waals surface area contributed by atoms with E-state index in [-0.39, 0.29) is 23.5 Å². The molecule has 2 atom stereocenters. The van der Waals surface area contributed by atoms with Crippen LogP contribution in [0, 0.1) is 24.2 Å². The average Bonchev–Trinajstić information content (AvgIpc) is 3.06. The number of primary amides is 1. The Morgan fingerprint density at radius 3 is 2.52 bits per heavy atom. The molecule has 3 rings (SSSR count). The molecule has 0 aromatic carbocycles. The van der Waals surface area contributed by atoms with Crippen LogP contribution in [0.5, 0.6) is 0 Å². The molecule has 1 saturated carbocycles. The maximum Gasteiger partial charge on any atom is 0.220 e. The lowest BCUT2D eigenvalue weighted by molar-refractivity contribution is -0.122. The van der Waals surface area contributed by atoms with E-state index >= 15 is 0 Å². The molecule has 2 heterocycles. The lowest BCUT2D eigenvalue weighted by Crippen LogP contribution is -2.37. The number of hydrogen-bond donors (Lipinski definition) is 1. The number of rotatable bonds is 6. The van der Waals surface area contributed by atoms with E-state index in [1.165, 1.54) is 11.3 Å². The van der Waals surface area contributed by atoms with Crippen LogP contribution in [0.2, 0.25) is 5.02 Å². The molecule has 6 heteroatoms. The number of likely N-dealkylation sites (tertiary alicyclic amines) is 1. The normalized spacial score (nSPS) is 25.8. The van der Waals surface area contributed by atoms with Crippen molar-refractivity contribution in [2.75, 3.05) is 19.6 Å². The number of ketones is 1. The number of amides is 1. The molecule has 1 aromatic rings. The number of thiophene rings is 1. The quantitative estimate of drug-likeness (QED) is 0.762. The SMILES string of the molecule is NC(=O)C1C[CH]C(CCN2CCC(C(=O)c3sccc3Cl)CC2)CC1. The zero-order chi connectivity index (χ0) is 17.8. The molecule has 2 fully saturated rings. The minimum atomic E-state index is -0.160. The van der Waals surface area contributed by atoms with E-state index in [2.05, 4.69) is 11.3 Å². The van der Waals surface area contributed by atoms with Gasteiger partial charge in [0.15, 0.2) is 5.78 Å². The summed E-state index contributed by atoms with van der Waals surface area (Å²) in [7, 11) is 0. The monoisotopic (exact) mass is 381 g/mol. The highest BCUT2D eigenvalue weighted by Gasteiger charge is 2.29. The summed E-state index contributed by atoms with van der Waals surface area (Å²) in [6, 6.07) is 1.80. The van der Waals surface area contributed by atoms with Crippen molar-refractivity contribution in [2.24, 2.45) is 23.5 Å². The highest BCUT2D eigenvalue weighted by Crippen LogP contribution is 2.32. The topological polar surface area (TPSA) is 63.4 Å². The maximum absolute atomic E-state index is 12.5. The molecule has 2 aliphatic rings. The molecular formula is C19H26ClN2O2S. The van der Waals surface area contributed by atoms with Gasteiger partial charge in [0.2, 0.25) is 5.91 Å². The van der Waals surface area contributed by atoms with Gasteiger partial charge in [-0.3, -0.25) is 9.59 Å². The molecule has 137 valence electrons. The van der Waals surface area contributed by atoms with Gasteiger partial charge in [0.25, 0.3) is 0 Å². The van der Waals surface area contributed by atoms with Crippen LogP contribution in [0.25, 0.3) is 0 Å². The first-order valence-electron chi connectivity index (χ1n) is 9.16. The second kappa shape index (κ2) is 8.65. The van der Waals surface area contributed by atoms with Crippen molar-refractivity contribution in [3.63, 3.8) is 0 Å². The molecule has 1 aromatic heterocycles. The summed E-state index contributed by atoms with van der Waals surface area (Å²) in [5.74, 6) is 0.817. The second-order valence-electron chi connectivity index (χ2n) is 7.27. The van der Waals surface area contributed by atoms with E-state index < -0.39 is 0 Å². The number of nitrogens with zero attached hydrogens (tertiary/aromatic N) is 1. The van der Waals surface area contributed by atoms with Gasteiger partial charge in [-0.05, 0) is 81.9 Å². The van der Waals surface area contributed by atoms with E-state index in [0.717, 1.165) is 63.0 Å². The molecule has 4 nitrogen and oxygen atoms in total. The van der Waals surface area contributed by atoms with Crippen molar-refractivity contribution in [3.05, 3.63) is 27.8 Å². The number of piperidine rings is 1. The summed E-state index contributed by atoms with van der Waals surface area (Å²) in [6.07, 6.45) is 8.09. The summed E-state index contributed by atoms with van der Waals surface area (Å²) in [5, 5.41) is 2.48. The highest BCUT2D eigenvalue weighted by atomic mass is 35.5. The third-order valence-corrected chi connectivity index (χ3v) is 7.01. The summed E-state index contributed by atoms with van der Waals surface area (Å²) in [5.41, 5.74) is 5.38. The predicted octanol–water partition coefficient (Wildman–Crippen LogP) is 3.79. The lowest BCUT2D eigenvalue weighted by atomic mass is 9.80. The molecule has 0 bridgehead atoms. The van der Waals surface area contributed by atoms with Crippen LogP contribution in [-0.2, 0) is 4.79 Å². The Kier molecular flexibility index (Phi) is 6.53. The van der Waals surface area contributed by atoms with Gasteiger partial charge in [0.05, 0.1) is 9.90 Å². The molecule has 1 aliphatic carbocycles. The molecule has 25 heavy (non-hydrogen) atoms. The van der Waals surface area contributed by atoms with Crippen molar-refractivity contribution in [1.29, 1.82) is 0 Å². The van der Waals surface area contributed by atoms with E-state index in [4.69, 9.17) is 17.3 Å². The summed E-state index contributed by atoms with van der Waals surface area (Å²) in [4.78, 5) is 27.0. The molecule has 1 amide bonds. The Balaban J connectivity index is 1.38. The van der Waals surface area contributed by atoms with Gasteiger partial charge in [0.1, 0.15) is 0 Å². The fraction of sp³-hybridized carbons (Fsp3) is 0.632. The van der Waals surface area contributed by atoms with Gasteiger partial charge in [-0.15, -0.1) is 11.3 Å². The number of Topliss-reactive ketones (excluding diaryl/α,β-unsaturated/α-hetero) is 1. The van der Waals surface area contributed by atoms with Gasteiger partial charge in [-0.2, -0.15) is 0 Å². The number of carbonyl (C=O) groups is 2. The van der Waals surface area contributed by atoms with Crippen molar-refractivity contribution < 1.29 is 9.59 Å². The van der Waals surface area contributed by atoms with Crippen molar-refractivity contribution in [2.45, 2.75) is 38.5 Å². The van der Waals surface area contributed by atoms with Crippen LogP contribution >= 0.6 is 22.9 Å². The Morgan fingerprint density at radius 1 is 1.20 bits per heavy atom. The van der Waals surface area contributed by atoms with Crippen molar-refractivity contribution in [3.8, 4) is 0 Å². The standard InChI is InChI=1S/C19H26ClN2O2S/c20-16-8-12-25-18(16)17(23)14-6-10-22(11-7-14)9-5-13-1-3-15(4-2-13)19(21)24/h1,8,12-15H,2-7,9-11H2,(H2,21,24). The number of halogens is 1. The van der Waals surface area contributed by atoms with Crippen molar-refractivity contribution in [1.82, 2.24) is 4.90 Å². The number of carbonyl (C=O) groups excluding carboxylic acids is 2. The fourth-order valence-corrected chi connectivity index (χ4v) is 5.12. The van der Waals surface area contributed by atoms with Crippen LogP contribution in [0.3, 0.4) is 0 Å². The van der Waals surface area contributed by atoms with E-state index in [1.54, 1.807) is 6.07 Å². The molecule has 2 N–H and O–H groups in total. The first-order valence-corrected chi connectivity index (χ1v) is 10.4. The largest absolute Gasteiger partial charge is 0.369 e. The second-order valence-corrected chi connectivity index (χ2v) is 8.60. The number of nitrogens with two attached hydrogens (primary N) is 1. The third kappa shape index (κ3) is 4.83. The molecule has 0 spiro atoms. The first kappa shape index (κ1) is 18.9. The predicted molar refractivity (Wildman–Crippen MR) is 102 cm³/mol. The average molecular weight is 382 g/mol. The Morgan fingerprint density at radius 2 is 1.96 bits per heavy atom. The highest BCUT2D eigenvalue weighted by molar-refractivity contribution is 7.12. The Bertz CT molecular complexity index is 602. The van der Waals surface area contributed by atoms with E-state index in [0.29, 0.717) is 10.9 Å². The summed E-state index contributed by atoms with van der Waals surface area (Å²) >= 11 is 7.55. The summed E-state index contributed by atoms with van der Waals surface area (Å²) in [6.45, 7) is 3.04. The molecule has 1 radical (unpaired) electrons. The molecular weight excluding hydrogens is 356 g/mol. The fourth-order valence-electron chi connectivity index (χ4n) is 3.95. The summed E-state index contributed by atoms with van der Waals surface area (Å²) < 4.78 is 0. The van der Waals surface area contributed by atoms with Crippen LogP contribution in [0.4, 0.5) is 0 Å². The van der Waals surface area contributed by atoms with Gasteiger partial charge in [-0.1, -0.05) is 11.6 Å². The van der Waals surface area contributed by atoms with Crippen molar-refractivity contribution >= 4 is 34.6 Å². The Labute approximate surface area is 158 Å².